The highest BCUT2D eigenvalue weighted by Crippen LogP contribution is 2.18. The SMILES string of the molecule is NC(=O)NCCCCC(=O)NCCCSc1ccc(F)cc1. The van der Waals surface area contributed by atoms with Gasteiger partial charge in [-0.25, -0.2) is 9.18 Å². The van der Waals surface area contributed by atoms with Crippen molar-refractivity contribution in [1.29, 1.82) is 0 Å². The van der Waals surface area contributed by atoms with Crippen molar-refractivity contribution in [2.75, 3.05) is 18.8 Å². The molecule has 1 aromatic rings. The highest BCUT2D eigenvalue weighted by atomic mass is 32.2. The van der Waals surface area contributed by atoms with Gasteiger partial charge in [0.05, 0.1) is 0 Å². The number of primary amides is 1. The van der Waals surface area contributed by atoms with E-state index >= 15 is 0 Å². The number of thioether (sulfide) groups is 1. The topological polar surface area (TPSA) is 84.2 Å². The molecule has 0 fully saturated rings. The molecule has 5 nitrogen and oxygen atoms in total. The van der Waals surface area contributed by atoms with E-state index in [4.69, 9.17) is 5.73 Å². The maximum Gasteiger partial charge on any atom is 0.312 e. The second-order valence-electron chi connectivity index (χ2n) is 4.75. The Morgan fingerprint density at radius 3 is 2.41 bits per heavy atom. The van der Waals surface area contributed by atoms with Crippen LogP contribution in [0, 0.1) is 5.82 Å². The molecule has 0 aliphatic heterocycles. The summed E-state index contributed by atoms with van der Waals surface area (Å²) < 4.78 is 12.7. The number of rotatable bonds is 10. The molecule has 0 aromatic heterocycles. The molecule has 0 saturated carbocycles. The van der Waals surface area contributed by atoms with Gasteiger partial charge in [-0.3, -0.25) is 4.79 Å². The van der Waals surface area contributed by atoms with Gasteiger partial charge >= 0.3 is 6.03 Å². The fraction of sp³-hybridized carbons (Fsp3) is 0.467. The zero-order chi connectivity index (χ0) is 16.2. The molecule has 1 rings (SSSR count). The molecule has 0 atom stereocenters. The third-order valence-electron chi connectivity index (χ3n) is 2.86. The Morgan fingerprint density at radius 1 is 1.05 bits per heavy atom. The minimum absolute atomic E-state index is 0.0193. The average molecular weight is 327 g/mol. The normalized spacial score (nSPS) is 10.2. The highest BCUT2D eigenvalue weighted by molar-refractivity contribution is 7.99. The number of hydrogen-bond acceptors (Lipinski definition) is 3. The maximum absolute atomic E-state index is 12.7. The lowest BCUT2D eigenvalue weighted by molar-refractivity contribution is -0.121. The van der Waals surface area contributed by atoms with E-state index in [1.807, 2.05) is 0 Å². The van der Waals surface area contributed by atoms with Crippen molar-refractivity contribution >= 4 is 23.7 Å². The number of nitrogens with one attached hydrogen (secondary N) is 2. The number of carbonyl (C=O) groups is 2. The molecule has 0 radical (unpaired) electrons. The Labute approximate surface area is 134 Å². The van der Waals surface area contributed by atoms with Gasteiger partial charge < -0.3 is 16.4 Å². The summed E-state index contributed by atoms with van der Waals surface area (Å²) in [6.07, 6.45) is 2.76. The van der Waals surface area contributed by atoms with Crippen LogP contribution in [0.2, 0.25) is 0 Å². The van der Waals surface area contributed by atoms with E-state index in [2.05, 4.69) is 10.6 Å². The zero-order valence-electron chi connectivity index (χ0n) is 12.4. The smallest absolute Gasteiger partial charge is 0.312 e. The first-order valence-corrected chi connectivity index (χ1v) is 8.25. The third-order valence-corrected chi connectivity index (χ3v) is 3.95. The van der Waals surface area contributed by atoms with Crippen molar-refractivity contribution in [3.05, 3.63) is 30.1 Å². The molecule has 122 valence electrons. The highest BCUT2D eigenvalue weighted by Gasteiger charge is 2.01. The summed E-state index contributed by atoms with van der Waals surface area (Å²) in [4.78, 5) is 23.0. The number of urea groups is 1. The number of unbranched alkanes of at least 4 members (excludes halogenated alkanes) is 1. The second-order valence-corrected chi connectivity index (χ2v) is 5.92. The largest absolute Gasteiger partial charge is 0.356 e. The minimum Gasteiger partial charge on any atom is -0.356 e. The molecule has 0 spiro atoms. The Kier molecular flexibility index (Phi) is 9.06. The van der Waals surface area contributed by atoms with Gasteiger partial charge in [0.15, 0.2) is 0 Å². The summed E-state index contributed by atoms with van der Waals surface area (Å²) in [5, 5.41) is 5.33. The minimum atomic E-state index is -0.539. The molecule has 0 bridgehead atoms. The molecule has 0 aliphatic rings. The first-order chi connectivity index (χ1) is 10.6. The zero-order valence-corrected chi connectivity index (χ0v) is 13.3. The van der Waals surface area contributed by atoms with Crippen LogP contribution in [0.4, 0.5) is 9.18 Å². The van der Waals surface area contributed by atoms with Gasteiger partial charge in [0.1, 0.15) is 5.82 Å². The summed E-state index contributed by atoms with van der Waals surface area (Å²) >= 11 is 1.64. The molecule has 4 N–H and O–H groups in total. The van der Waals surface area contributed by atoms with E-state index in [0.717, 1.165) is 29.9 Å². The number of halogens is 1. The van der Waals surface area contributed by atoms with Gasteiger partial charge in [0, 0.05) is 24.4 Å². The Balaban J connectivity index is 1.96. The summed E-state index contributed by atoms with van der Waals surface area (Å²) in [5.74, 6) is 0.655. The predicted octanol–water partition coefficient (Wildman–Crippen LogP) is 2.26. The van der Waals surface area contributed by atoms with Crippen molar-refractivity contribution in [3.63, 3.8) is 0 Å². The second kappa shape index (κ2) is 10.9. The van der Waals surface area contributed by atoms with Gasteiger partial charge in [-0.05, 0) is 49.3 Å². The number of nitrogens with two attached hydrogens (primary N) is 1. The molecule has 22 heavy (non-hydrogen) atoms. The van der Waals surface area contributed by atoms with E-state index in [-0.39, 0.29) is 11.7 Å². The maximum atomic E-state index is 12.7. The molecule has 0 unspecified atom stereocenters. The monoisotopic (exact) mass is 327 g/mol. The number of carbonyl (C=O) groups excluding carboxylic acids is 2. The van der Waals surface area contributed by atoms with Crippen LogP contribution in [0.1, 0.15) is 25.7 Å². The van der Waals surface area contributed by atoms with Gasteiger partial charge in [-0.15, -0.1) is 11.8 Å². The van der Waals surface area contributed by atoms with Gasteiger partial charge in [0.25, 0.3) is 0 Å². The van der Waals surface area contributed by atoms with Crippen LogP contribution in [0.25, 0.3) is 0 Å². The van der Waals surface area contributed by atoms with Crippen LogP contribution >= 0.6 is 11.8 Å². The number of amides is 3. The quantitative estimate of drug-likeness (QED) is 0.455. The van der Waals surface area contributed by atoms with E-state index in [0.29, 0.717) is 19.5 Å². The first kappa shape index (κ1) is 18.3. The first-order valence-electron chi connectivity index (χ1n) is 7.26. The fourth-order valence-corrected chi connectivity index (χ4v) is 2.58. The van der Waals surface area contributed by atoms with Crippen molar-refractivity contribution in [2.24, 2.45) is 5.73 Å². The lowest BCUT2D eigenvalue weighted by Gasteiger charge is -2.06. The fourth-order valence-electron chi connectivity index (χ4n) is 1.73. The van der Waals surface area contributed by atoms with E-state index < -0.39 is 6.03 Å². The van der Waals surface area contributed by atoms with Gasteiger partial charge in [-0.1, -0.05) is 0 Å². The Bertz CT molecular complexity index is 468. The van der Waals surface area contributed by atoms with E-state index in [9.17, 15) is 14.0 Å². The molecular weight excluding hydrogens is 305 g/mol. The van der Waals surface area contributed by atoms with E-state index in [1.165, 1.54) is 12.1 Å². The van der Waals surface area contributed by atoms with Crippen LogP contribution in [-0.4, -0.2) is 30.8 Å². The molecule has 1 aromatic carbocycles. The summed E-state index contributed by atoms with van der Waals surface area (Å²) in [7, 11) is 0. The summed E-state index contributed by atoms with van der Waals surface area (Å²) in [6, 6.07) is 5.84. The third kappa shape index (κ3) is 9.23. The summed E-state index contributed by atoms with van der Waals surface area (Å²) in [5.41, 5.74) is 4.93. The van der Waals surface area contributed by atoms with Crippen LogP contribution < -0.4 is 16.4 Å². The Morgan fingerprint density at radius 2 is 1.73 bits per heavy atom. The van der Waals surface area contributed by atoms with Crippen molar-refractivity contribution in [3.8, 4) is 0 Å². The van der Waals surface area contributed by atoms with Gasteiger partial charge in [0.2, 0.25) is 5.91 Å². The van der Waals surface area contributed by atoms with Crippen LogP contribution in [0.5, 0.6) is 0 Å². The average Bonchev–Trinajstić information content (AvgIpc) is 2.48. The predicted molar refractivity (Wildman–Crippen MR) is 86.2 cm³/mol. The van der Waals surface area contributed by atoms with Crippen LogP contribution in [0.3, 0.4) is 0 Å². The van der Waals surface area contributed by atoms with E-state index in [1.54, 1.807) is 23.9 Å². The van der Waals surface area contributed by atoms with Crippen LogP contribution in [-0.2, 0) is 4.79 Å². The van der Waals surface area contributed by atoms with Crippen LogP contribution in [0.15, 0.2) is 29.2 Å². The molecule has 0 aliphatic carbocycles. The number of hydrogen-bond donors (Lipinski definition) is 3. The number of benzene rings is 1. The lowest BCUT2D eigenvalue weighted by Crippen LogP contribution is -2.30. The van der Waals surface area contributed by atoms with Gasteiger partial charge in [-0.2, -0.15) is 0 Å². The molecule has 3 amide bonds. The standard InChI is InChI=1S/C15H22FN3O2S/c16-12-5-7-13(8-6-12)22-11-3-10-18-14(20)4-1-2-9-19-15(17)21/h5-8H,1-4,9-11H2,(H,18,20)(H3,17,19,21). The molecule has 0 saturated heterocycles. The molecular formula is C15H22FN3O2S. The van der Waals surface area contributed by atoms with Crippen molar-refractivity contribution in [2.45, 2.75) is 30.6 Å². The lowest BCUT2D eigenvalue weighted by atomic mass is 10.2. The summed E-state index contributed by atoms with van der Waals surface area (Å²) in [6.45, 7) is 1.13. The van der Waals surface area contributed by atoms with Crippen molar-refractivity contribution < 1.29 is 14.0 Å². The Hall–Kier alpha value is -1.76. The van der Waals surface area contributed by atoms with Crippen molar-refractivity contribution in [1.82, 2.24) is 10.6 Å². The molecule has 0 heterocycles. The molecule has 7 heteroatoms.